The Morgan fingerprint density at radius 2 is 0.828 bits per heavy atom. The van der Waals surface area contributed by atoms with Crippen LogP contribution >= 0.6 is 0 Å². The first-order valence-electron chi connectivity index (χ1n) is 14.4. The molecule has 29 heavy (non-hydrogen) atoms. The Hall–Kier alpha value is 0. The second-order valence-corrected chi connectivity index (χ2v) is 11.9. The maximum Gasteiger partial charge on any atom is -0.0352 e. The van der Waals surface area contributed by atoms with E-state index in [9.17, 15) is 0 Å². The van der Waals surface area contributed by atoms with Crippen LogP contribution in [-0.4, -0.2) is 0 Å². The Bertz CT molecular complexity index is 415. The van der Waals surface area contributed by atoms with E-state index < -0.39 is 0 Å². The maximum atomic E-state index is 1.64. The van der Waals surface area contributed by atoms with E-state index in [2.05, 4.69) is 0 Å². The van der Waals surface area contributed by atoms with E-state index in [-0.39, 0.29) is 0 Å². The quantitative estimate of drug-likeness (QED) is 0.380. The minimum atomic E-state index is 1.09. The third kappa shape index (κ3) is 6.74. The lowest BCUT2D eigenvalue weighted by molar-refractivity contribution is 0.0676. The van der Waals surface area contributed by atoms with Crippen LogP contribution in [0.25, 0.3) is 0 Å². The summed E-state index contributed by atoms with van der Waals surface area (Å²) in [6.45, 7) is 0. The third-order valence-corrected chi connectivity index (χ3v) is 10.0. The Kier molecular flexibility index (Phi) is 9.30. The summed E-state index contributed by atoms with van der Waals surface area (Å²) < 4.78 is 0. The van der Waals surface area contributed by atoms with Gasteiger partial charge in [-0.2, -0.15) is 0 Å². The van der Waals surface area contributed by atoms with E-state index in [1.807, 2.05) is 0 Å². The van der Waals surface area contributed by atoms with Gasteiger partial charge in [-0.15, -0.1) is 0 Å². The van der Waals surface area contributed by atoms with Crippen LogP contribution in [0.3, 0.4) is 0 Å². The SMILES string of the molecule is C1CCC(CCC(C2CCCCC2)C(CC2CCCCC2)C2CCCCC2)CC1. The normalized spacial score (nSPS) is 29.0. The van der Waals surface area contributed by atoms with E-state index in [0.29, 0.717) is 0 Å². The Morgan fingerprint density at radius 3 is 1.34 bits per heavy atom. The molecule has 4 aliphatic carbocycles. The monoisotopic (exact) mass is 400 g/mol. The second kappa shape index (κ2) is 12.1. The average molecular weight is 401 g/mol. The van der Waals surface area contributed by atoms with Crippen molar-refractivity contribution in [1.82, 2.24) is 0 Å². The minimum Gasteiger partial charge on any atom is -0.0533 e. The smallest absolute Gasteiger partial charge is 0.0352 e. The first-order chi connectivity index (χ1) is 14.4. The molecule has 0 N–H and O–H groups in total. The molecule has 2 atom stereocenters. The van der Waals surface area contributed by atoms with Gasteiger partial charge in [-0.05, 0) is 48.3 Å². The zero-order valence-corrected chi connectivity index (χ0v) is 19.7. The Labute approximate surface area is 183 Å². The van der Waals surface area contributed by atoms with E-state index >= 15 is 0 Å². The number of hydrogen-bond acceptors (Lipinski definition) is 0. The van der Waals surface area contributed by atoms with Crippen molar-refractivity contribution >= 4 is 0 Å². The predicted molar refractivity (Wildman–Crippen MR) is 127 cm³/mol. The van der Waals surface area contributed by atoms with Crippen LogP contribution in [0.4, 0.5) is 0 Å². The van der Waals surface area contributed by atoms with E-state index in [4.69, 9.17) is 0 Å². The van der Waals surface area contributed by atoms with Gasteiger partial charge in [0.15, 0.2) is 0 Å². The highest BCUT2D eigenvalue weighted by atomic mass is 14.4. The Morgan fingerprint density at radius 1 is 0.414 bits per heavy atom. The summed E-state index contributed by atoms with van der Waals surface area (Å²) in [4.78, 5) is 0. The molecule has 0 spiro atoms. The summed E-state index contributed by atoms with van der Waals surface area (Å²) in [5, 5.41) is 0. The molecule has 2 unspecified atom stereocenters. The van der Waals surface area contributed by atoms with E-state index in [1.54, 1.807) is 96.3 Å². The van der Waals surface area contributed by atoms with Crippen LogP contribution in [0.1, 0.15) is 148 Å². The molecule has 4 saturated carbocycles. The maximum absolute atomic E-state index is 1.64. The standard InChI is InChI=1S/C29H52/c1-5-13-24(14-6-1)21-22-28(26-17-9-3-10-18-26)29(27-19-11-4-12-20-27)23-25-15-7-2-8-16-25/h24-29H,1-23H2. The molecule has 0 aromatic rings. The van der Waals surface area contributed by atoms with Gasteiger partial charge in [0.2, 0.25) is 0 Å². The van der Waals surface area contributed by atoms with Crippen LogP contribution in [0.15, 0.2) is 0 Å². The fourth-order valence-electron chi connectivity index (χ4n) is 8.35. The van der Waals surface area contributed by atoms with Gasteiger partial charge >= 0.3 is 0 Å². The van der Waals surface area contributed by atoms with Crippen LogP contribution in [-0.2, 0) is 0 Å². The van der Waals surface area contributed by atoms with Crippen molar-refractivity contribution < 1.29 is 0 Å². The molecule has 4 fully saturated rings. The molecule has 0 aromatic heterocycles. The van der Waals surface area contributed by atoms with Crippen molar-refractivity contribution in [2.45, 2.75) is 148 Å². The van der Waals surface area contributed by atoms with Gasteiger partial charge in [-0.3, -0.25) is 0 Å². The number of hydrogen-bond donors (Lipinski definition) is 0. The molecule has 0 saturated heterocycles. The van der Waals surface area contributed by atoms with Gasteiger partial charge in [0.05, 0.1) is 0 Å². The number of rotatable bonds is 8. The molecule has 0 radical (unpaired) electrons. The van der Waals surface area contributed by atoms with Crippen molar-refractivity contribution in [1.29, 1.82) is 0 Å². The largest absolute Gasteiger partial charge is 0.0533 e. The summed E-state index contributed by atoms with van der Waals surface area (Å²) in [5.41, 5.74) is 0. The molecule has 0 amide bonds. The summed E-state index contributed by atoms with van der Waals surface area (Å²) in [6, 6.07) is 0. The molecule has 4 rings (SSSR count). The topological polar surface area (TPSA) is 0 Å². The lowest BCUT2D eigenvalue weighted by atomic mass is 9.62. The highest BCUT2D eigenvalue weighted by molar-refractivity contribution is 4.87. The summed E-state index contributed by atoms with van der Waals surface area (Å²) >= 11 is 0. The highest BCUT2D eigenvalue weighted by Crippen LogP contribution is 2.48. The highest BCUT2D eigenvalue weighted by Gasteiger charge is 2.37. The van der Waals surface area contributed by atoms with Crippen LogP contribution < -0.4 is 0 Å². The molecule has 0 aromatic carbocycles. The molecule has 0 nitrogen and oxygen atoms in total. The third-order valence-electron chi connectivity index (χ3n) is 10.0. The van der Waals surface area contributed by atoms with Gasteiger partial charge in [-0.1, -0.05) is 135 Å². The summed E-state index contributed by atoms with van der Waals surface area (Å²) in [6.07, 6.45) is 35.9. The van der Waals surface area contributed by atoms with Crippen LogP contribution in [0, 0.1) is 35.5 Å². The van der Waals surface area contributed by atoms with Crippen molar-refractivity contribution in [3.63, 3.8) is 0 Å². The zero-order chi connectivity index (χ0) is 19.7. The molecule has 168 valence electrons. The predicted octanol–water partition coefficient (Wildman–Crippen LogP) is 9.71. The second-order valence-electron chi connectivity index (χ2n) is 11.9. The molecular formula is C29H52. The van der Waals surface area contributed by atoms with Crippen molar-refractivity contribution in [2.75, 3.05) is 0 Å². The average Bonchev–Trinajstić information content (AvgIpc) is 2.81. The summed E-state index contributed by atoms with van der Waals surface area (Å²) in [5.74, 6) is 6.59. The van der Waals surface area contributed by atoms with Gasteiger partial charge in [-0.25, -0.2) is 0 Å². The van der Waals surface area contributed by atoms with Gasteiger partial charge in [0.25, 0.3) is 0 Å². The first-order valence-corrected chi connectivity index (χ1v) is 14.4. The van der Waals surface area contributed by atoms with Crippen LogP contribution in [0.5, 0.6) is 0 Å². The molecule has 0 heterocycles. The minimum absolute atomic E-state index is 1.09. The Balaban J connectivity index is 1.46. The lowest BCUT2D eigenvalue weighted by Gasteiger charge is -2.44. The fourth-order valence-corrected chi connectivity index (χ4v) is 8.35. The zero-order valence-electron chi connectivity index (χ0n) is 19.7. The lowest BCUT2D eigenvalue weighted by Crippen LogP contribution is -2.34. The van der Waals surface area contributed by atoms with Crippen molar-refractivity contribution in [3.8, 4) is 0 Å². The van der Waals surface area contributed by atoms with Gasteiger partial charge in [0.1, 0.15) is 0 Å². The van der Waals surface area contributed by atoms with Gasteiger partial charge < -0.3 is 0 Å². The first kappa shape index (κ1) is 22.2. The van der Waals surface area contributed by atoms with E-state index in [0.717, 1.165) is 35.5 Å². The van der Waals surface area contributed by atoms with Gasteiger partial charge in [0, 0.05) is 0 Å². The molecule has 4 aliphatic rings. The molecular weight excluding hydrogens is 348 g/mol. The van der Waals surface area contributed by atoms with E-state index in [1.165, 1.54) is 51.4 Å². The van der Waals surface area contributed by atoms with Crippen molar-refractivity contribution in [3.05, 3.63) is 0 Å². The fraction of sp³-hybridized carbons (Fsp3) is 1.00. The molecule has 0 bridgehead atoms. The van der Waals surface area contributed by atoms with Crippen molar-refractivity contribution in [2.24, 2.45) is 35.5 Å². The molecule has 0 heteroatoms. The summed E-state index contributed by atoms with van der Waals surface area (Å²) in [7, 11) is 0. The molecule has 0 aliphatic heterocycles. The van der Waals surface area contributed by atoms with Crippen LogP contribution in [0.2, 0.25) is 0 Å².